The fraction of sp³-hybridized carbons (Fsp3) is 0.400. The monoisotopic (exact) mass is 688 g/mol. The summed E-state index contributed by atoms with van der Waals surface area (Å²) in [6.45, 7) is 12.2. The van der Waals surface area contributed by atoms with E-state index in [1.165, 1.54) is 16.8 Å². The van der Waals surface area contributed by atoms with Gasteiger partial charge in [0.25, 0.3) is 0 Å². The van der Waals surface area contributed by atoms with Gasteiger partial charge in [0.1, 0.15) is 28.3 Å². The van der Waals surface area contributed by atoms with Gasteiger partial charge < -0.3 is 29.5 Å². The number of rotatable bonds is 4. The van der Waals surface area contributed by atoms with Crippen LogP contribution in [0.25, 0.3) is 33.3 Å². The van der Waals surface area contributed by atoms with Crippen molar-refractivity contribution in [1.29, 1.82) is 0 Å². The number of halogens is 1. The van der Waals surface area contributed by atoms with E-state index in [0.29, 0.717) is 33.6 Å². The third-order valence-corrected chi connectivity index (χ3v) is 7.88. The quantitative estimate of drug-likeness (QED) is 0.177. The number of piperidine rings is 1. The molecule has 264 valence electrons. The molecule has 0 amide bonds. The van der Waals surface area contributed by atoms with E-state index < -0.39 is 36.5 Å². The van der Waals surface area contributed by atoms with Crippen LogP contribution >= 0.6 is 0 Å². The second-order valence-electron chi connectivity index (χ2n) is 14.1. The summed E-state index contributed by atoms with van der Waals surface area (Å²) >= 11 is 0. The Bertz CT molecular complexity index is 1990. The molecule has 0 aromatic carbocycles. The summed E-state index contributed by atoms with van der Waals surface area (Å²) < 4.78 is 28.3. The average Bonchev–Trinajstić information content (AvgIpc) is 3.63. The average molecular weight is 689 g/mol. The maximum atomic E-state index is 15.2. The predicted octanol–water partition coefficient (Wildman–Crippen LogP) is 4.73. The number of hydrogen-bond donors (Lipinski definition) is 3. The first kappa shape index (κ1) is 36.4. The number of fused-ring (bicyclic) bond motifs is 2. The van der Waals surface area contributed by atoms with Gasteiger partial charge in [0.05, 0.1) is 16.9 Å². The fourth-order valence-corrected chi connectivity index (χ4v) is 5.61. The molecule has 0 bridgehead atoms. The van der Waals surface area contributed by atoms with Gasteiger partial charge in [0.2, 0.25) is 5.95 Å². The normalized spacial score (nSPS) is 14.0. The molecular weight excluding hydrogens is 646 g/mol. The van der Waals surface area contributed by atoms with Crippen molar-refractivity contribution >= 4 is 52.8 Å². The van der Waals surface area contributed by atoms with Crippen LogP contribution in [-0.4, -0.2) is 89.4 Å². The number of ether oxygens (including phenoxy) is 2. The standard InChI is InChI=1S/C23H27FN4O3.C12H15BN2O4/c1-23(2,3)31-22(30)28-18(13-16-5-4-10-25-21(16)28)17-6-7-19(26-20(17)24)27-11-8-15(14-29)9-12-27;1-12(2,3)19-11(16)15-9(13(17)18)7-8-5-4-6-14-10(8)15/h4-7,10,13,15,29H,8-9,11-12,14H2,1-3H3;4-7,17-18H,1-3H3. The van der Waals surface area contributed by atoms with E-state index in [1.54, 1.807) is 84.1 Å². The van der Waals surface area contributed by atoms with Gasteiger partial charge in [-0.15, -0.1) is 0 Å². The molecule has 1 saturated heterocycles. The Morgan fingerprint density at radius 3 is 1.92 bits per heavy atom. The molecule has 15 heteroatoms. The van der Waals surface area contributed by atoms with E-state index in [1.807, 2.05) is 11.0 Å². The third kappa shape index (κ3) is 8.29. The van der Waals surface area contributed by atoms with Crippen molar-refractivity contribution in [2.45, 2.75) is 65.6 Å². The van der Waals surface area contributed by atoms with E-state index in [2.05, 4.69) is 15.0 Å². The number of carbonyl (C=O) groups is 2. The summed E-state index contributed by atoms with van der Waals surface area (Å²) in [5.74, 6) is 0.183. The van der Waals surface area contributed by atoms with Gasteiger partial charge in [-0.05, 0) is 109 Å². The van der Waals surface area contributed by atoms with Crippen molar-refractivity contribution in [3.05, 3.63) is 66.9 Å². The number of nitrogens with zero attached hydrogens (tertiary/aromatic N) is 6. The van der Waals surface area contributed by atoms with Crippen molar-refractivity contribution in [3.63, 3.8) is 0 Å². The molecule has 5 aromatic rings. The molecule has 0 spiro atoms. The molecule has 0 saturated carbocycles. The second-order valence-corrected chi connectivity index (χ2v) is 14.1. The number of carbonyl (C=O) groups excluding carboxylic acids is 2. The fourth-order valence-electron chi connectivity index (χ4n) is 5.61. The molecule has 0 atom stereocenters. The predicted molar refractivity (Wildman–Crippen MR) is 188 cm³/mol. The van der Waals surface area contributed by atoms with E-state index in [9.17, 15) is 24.7 Å². The molecule has 1 aliphatic rings. The van der Waals surface area contributed by atoms with Crippen LogP contribution in [0.3, 0.4) is 0 Å². The van der Waals surface area contributed by atoms with Gasteiger partial charge in [-0.25, -0.2) is 33.7 Å². The molecule has 1 fully saturated rings. The minimum atomic E-state index is -1.78. The van der Waals surface area contributed by atoms with E-state index in [0.717, 1.165) is 30.5 Å². The highest BCUT2D eigenvalue weighted by atomic mass is 19.1. The smallest absolute Gasteiger partial charge is 0.443 e. The molecule has 50 heavy (non-hydrogen) atoms. The molecule has 13 nitrogen and oxygen atoms in total. The lowest BCUT2D eigenvalue weighted by atomic mass is 9.86. The summed E-state index contributed by atoms with van der Waals surface area (Å²) in [5, 5.41) is 29.4. The number of hydrogen-bond acceptors (Lipinski definition) is 11. The Hall–Kier alpha value is -4.86. The van der Waals surface area contributed by atoms with Gasteiger partial charge in [-0.1, -0.05) is 0 Å². The van der Waals surface area contributed by atoms with E-state index in [-0.39, 0.29) is 23.7 Å². The Labute approximate surface area is 289 Å². The zero-order chi connectivity index (χ0) is 36.4. The number of pyridine rings is 3. The summed E-state index contributed by atoms with van der Waals surface area (Å²) in [6, 6.07) is 13.6. The lowest BCUT2D eigenvalue weighted by Crippen LogP contribution is -2.41. The molecule has 0 radical (unpaired) electrons. The highest BCUT2D eigenvalue weighted by molar-refractivity contribution is 6.59. The van der Waals surface area contributed by atoms with Gasteiger partial charge >= 0.3 is 19.3 Å². The van der Waals surface area contributed by atoms with Crippen molar-refractivity contribution < 1.29 is 38.6 Å². The first-order valence-corrected chi connectivity index (χ1v) is 16.3. The van der Waals surface area contributed by atoms with Crippen LogP contribution in [0.1, 0.15) is 54.4 Å². The van der Waals surface area contributed by atoms with Crippen molar-refractivity contribution in [1.82, 2.24) is 24.1 Å². The first-order valence-electron chi connectivity index (χ1n) is 16.3. The largest absolute Gasteiger partial charge is 0.506 e. The van der Waals surface area contributed by atoms with Crippen molar-refractivity contribution in [3.8, 4) is 11.3 Å². The minimum absolute atomic E-state index is 0.0305. The van der Waals surface area contributed by atoms with E-state index >= 15 is 4.39 Å². The van der Waals surface area contributed by atoms with Crippen LogP contribution in [-0.2, 0) is 9.47 Å². The highest BCUT2D eigenvalue weighted by Crippen LogP contribution is 2.31. The number of anilines is 1. The van der Waals surface area contributed by atoms with E-state index in [4.69, 9.17) is 9.47 Å². The Kier molecular flexibility index (Phi) is 10.6. The highest BCUT2D eigenvalue weighted by Gasteiger charge is 2.28. The van der Waals surface area contributed by atoms with Crippen LogP contribution in [0.15, 0.2) is 60.9 Å². The van der Waals surface area contributed by atoms with Gasteiger partial charge in [-0.3, -0.25) is 0 Å². The SMILES string of the molecule is CC(C)(C)OC(=O)n1c(-c2ccc(N3CCC(CO)CC3)nc2F)cc2cccnc21.CC(C)(C)OC(=O)n1c(B(O)O)cc2cccnc21. The van der Waals surface area contributed by atoms with Crippen LogP contribution in [0.5, 0.6) is 0 Å². The summed E-state index contributed by atoms with van der Waals surface area (Å²) in [7, 11) is -1.78. The molecule has 5 aromatic heterocycles. The maximum Gasteiger partial charge on any atom is 0.506 e. The lowest BCUT2D eigenvalue weighted by molar-refractivity contribution is 0.0535. The molecule has 0 aliphatic carbocycles. The number of aliphatic hydroxyl groups is 1. The van der Waals surface area contributed by atoms with Gasteiger partial charge in [0, 0.05) is 42.9 Å². The minimum Gasteiger partial charge on any atom is -0.443 e. The molecule has 1 aliphatic heterocycles. The molecule has 6 heterocycles. The van der Waals surface area contributed by atoms with Crippen LogP contribution in [0.4, 0.5) is 19.8 Å². The van der Waals surface area contributed by atoms with Crippen LogP contribution < -0.4 is 10.5 Å². The Balaban J connectivity index is 0.000000219. The Morgan fingerprint density at radius 1 is 0.860 bits per heavy atom. The maximum absolute atomic E-state index is 15.2. The summed E-state index contributed by atoms with van der Waals surface area (Å²) in [4.78, 5) is 39.7. The lowest BCUT2D eigenvalue weighted by Gasteiger charge is -2.32. The zero-order valence-corrected chi connectivity index (χ0v) is 29.0. The molecular formula is C35H42BFN6O7. The number of aliphatic hydroxyl groups excluding tert-OH is 1. The van der Waals surface area contributed by atoms with Gasteiger partial charge in [0.15, 0.2) is 0 Å². The van der Waals surface area contributed by atoms with Crippen molar-refractivity contribution in [2.75, 3.05) is 24.6 Å². The molecule has 3 N–H and O–H groups in total. The van der Waals surface area contributed by atoms with Crippen LogP contribution in [0.2, 0.25) is 0 Å². The van der Waals surface area contributed by atoms with Crippen molar-refractivity contribution in [2.24, 2.45) is 5.92 Å². The number of aromatic nitrogens is 5. The summed E-state index contributed by atoms with van der Waals surface area (Å²) in [6.07, 6.45) is 3.49. The third-order valence-electron chi connectivity index (χ3n) is 7.88. The van der Waals surface area contributed by atoms with Gasteiger partial charge in [-0.2, -0.15) is 4.39 Å². The molecule has 0 unspecified atom stereocenters. The summed E-state index contributed by atoms with van der Waals surface area (Å²) in [5.41, 5.74) is -0.0678. The molecule has 6 rings (SSSR count). The zero-order valence-electron chi connectivity index (χ0n) is 29.0. The van der Waals surface area contributed by atoms with Crippen LogP contribution in [0, 0.1) is 11.9 Å². The first-order chi connectivity index (χ1) is 23.6. The second kappa shape index (κ2) is 14.6. The Morgan fingerprint density at radius 2 is 1.40 bits per heavy atom. The topological polar surface area (TPSA) is 165 Å².